The number of fused-ring (bicyclic) bond motifs is 1. The number of aromatic nitrogens is 2. The van der Waals surface area contributed by atoms with Gasteiger partial charge in [0.05, 0.1) is 12.1 Å². The first-order valence-corrected chi connectivity index (χ1v) is 11.0. The molecule has 0 spiro atoms. The molecular weight excluding hydrogens is 459 g/mol. The number of aromatic hydroxyl groups is 1. The van der Waals surface area contributed by atoms with Crippen LogP contribution in [0.25, 0.3) is 0 Å². The van der Waals surface area contributed by atoms with Crippen molar-refractivity contribution in [2.75, 3.05) is 41.3 Å². The van der Waals surface area contributed by atoms with Crippen molar-refractivity contribution in [2.45, 2.75) is 25.6 Å². The highest BCUT2D eigenvalue weighted by molar-refractivity contribution is 6.34. The minimum atomic E-state index is -0.746. The Bertz CT molecular complexity index is 1180. The van der Waals surface area contributed by atoms with Crippen LogP contribution in [0.15, 0.2) is 29.1 Å². The second kappa shape index (κ2) is 10.6. The van der Waals surface area contributed by atoms with E-state index < -0.39 is 40.9 Å². The third-order valence-corrected chi connectivity index (χ3v) is 5.60. The number of nitrogens with zero attached hydrogens (tertiary/aromatic N) is 5. The van der Waals surface area contributed by atoms with Gasteiger partial charge in [0, 0.05) is 40.3 Å². The molecule has 0 fully saturated rings. The molecule has 11 nitrogen and oxygen atoms in total. The Morgan fingerprint density at radius 3 is 2.40 bits per heavy atom. The van der Waals surface area contributed by atoms with Crippen molar-refractivity contribution in [1.29, 1.82) is 0 Å². The molecule has 2 aromatic rings. The molecule has 188 valence electrons. The second-order valence-electron chi connectivity index (χ2n) is 8.78. The van der Waals surface area contributed by atoms with E-state index in [0.717, 1.165) is 0 Å². The molecule has 1 unspecified atom stereocenters. The number of halogens is 1. The fourth-order valence-electron chi connectivity index (χ4n) is 3.80. The number of amides is 3. The van der Waals surface area contributed by atoms with Gasteiger partial charge >= 0.3 is 11.8 Å². The van der Waals surface area contributed by atoms with Crippen LogP contribution < -0.4 is 10.9 Å². The molecular formula is C23H29FN6O5. The quantitative estimate of drug-likeness (QED) is 0.524. The third-order valence-electron chi connectivity index (χ3n) is 5.60. The van der Waals surface area contributed by atoms with E-state index in [2.05, 4.69) is 10.3 Å². The van der Waals surface area contributed by atoms with Crippen LogP contribution in [0, 0.1) is 5.82 Å². The van der Waals surface area contributed by atoms with Crippen molar-refractivity contribution in [1.82, 2.24) is 29.6 Å². The largest absolute Gasteiger partial charge is 0.502 e. The van der Waals surface area contributed by atoms with Gasteiger partial charge in [0.1, 0.15) is 17.7 Å². The van der Waals surface area contributed by atoms with Gasteiger partial charge in [0.25, 0.3) is 5.56 Å². The molecule has 2 N–H and O–H groups in total. The van der Waals surface area contributed by atoms with E-state index in [0.29, 0.717) is 5.56 Å². The number of hydrogen-bond donors (Lipinski definition) is 2. The second-order valence-corrected chi connectivity index (χ2v) is 8.78. The van der Waals surface area contributed by atoms with Crippen LogP contribution in [0.2, 0.25) is 0 Å². The average molecular weight is 489 g/mol. The van der Waals surface area contributed by atoms with Crippen LogP contribution in [0.4, 0.5) is 4.39 Å². The molecule has 1 aliphatic rings. The zero-order chi connectivity index (χ0) is 25.9. The normalized spacial score (nSPS) is 15.0. The van der Waals surface area contributed by atoms with Crippen molar-refractivity contribution in [3.05, 3.63) is 57.5 Å². The smallest absolute Gasteiger partial charge is 0.312 e. The summed E-state index contributed by atoms with van der Waals surface area (Å²) in [6.45, 7) is 0.520. The summed E-state index contributed by atoms with van der Waals surface area (Å²) in [5, 5.41) is 13.1. The van der Waals surface area contributed by atoms with Crippen LogP contribution in [0.5, 0.6) is 5.75 Å². The van der Waals surface area contributed by atoms with Crippen molar-refractivity contribution in [2.24, 2.45) is 0 Å². The first kappa shape index (κ1) is 25.8. The van der Waals surface area contributed by atoms with Gasteiger partial charge in [-0.25, -0.2) is 9.37 Å². The van der Waals surface area contributed by atoms with Gasteiger partial charge < -0.3 is 25.1 Å². The van der Waals surface area contributed by atoms with Crippen LogP contribution in [0.3, 0.4) is 0 Å². The van der Waals surface area contributed by atoms with Gasteiger partial charge in [0.2, 0.25) is 11.7 Å². The van der Waals surface area contributed by atoms with Gasteiger partial charge in [-0.05, 0) is 31.8 Å². The summed E-state index contributed by atoms with van der Waals surface area (Å²) in [5.41, 5.74) is -0.172. The number of nitrogens with one attached hydrogen (secondary N) is 1. The topological polar surface area (TPSA) is 128 Å². The number of carbonyl (C=O) groups is 3. The zero-order valence-corrected chi connectivity index (χ0v) is 20.1. The van der Waals surface area contributed by atoms with Crippen LogP contribution in [0.1, 0.15) is 23.1 Å². The molecule has 35 heavy (non-hydrogen) atoms. The Morgan fingerprint density at radius 2 is 1.80 bits per heavy atom. The van der Waals surface area contributed by atoms with Gasteiger partial charge in [-0.15, -0.1) is 0 Å². The van der Waals surface area contributed by atoms with Crippen molar-refractivity contribution >= 4 is 17.7 Å². The van der Waals surface area contributed by atoms with E-state index in [1.165, 1.54) is 52.7 Å². The molecule has 0 saturated carbocycles. The number of benzene rings is 1. The highest BCUT2D eigenvalue weighted by Crippen LogP contribution is 2.26. The molecule has 1 aromatic carbocycles. The van der Waals surface area contributed by atoms with E-state index in [1.54, 1.807) is 19.0 Å². The van der Waals surface area contributed by atoms with E-state index in [9.17, 15) is 28.7 Å². The standard InChI is InChI=1S/C23H29FN6O5/c1-27(2)13-17-20-26-16(11-18(31)25-12-14-5-7-15(24)8-6-14)19(32)21(33)30(20)10-9-29(17)23(35)22(34)28(3)4/h5-8,17,32H,9-13H2,1-4H3,(H,25,31). The molecule has 1 atom stereocenters. The Labute approximate surface area is 201 Å². The van der Waals surface area contributed by atoms with Crippen LogP contribution in [-0.2, 0) is 33.9 Å². The third kappa shape index (κ3) is 5.83. The lowest BCUT2D eigenvalue weighted by Crippen LogP contribution is -2.52. The maximum absolute atomic E-state index is 13.1. The van der Waals surface area contributed by atoms with E-state index in [-0.39, 0.29) is 44.1 Å². The molecule has 1 aromatic heterocycles. The number of carbonyl (C=O) groups excluding carboxylic acids is 3. The van der Waals surface area contributed by atoms with Crippen molar-refractivity contribution in [3.63, 3.8) is 0 Å². The summed E-state index contributed by atoms with van der Waals surface area (Å²) in [6, 6.07) is 4.87. The number of likely N-dealkylation sites (N-methyl/N-ethyl adjacent to an activating group) is 2. The Hall–Kier alpha value is -3.80. The number of rotatable bonds is 6. The lowest BCUT2D eigenvalue weighted by atomic mass is 10.1. The maximum Gasteiger partial charge on any atom is 0.312 e. The van der Waals surface area contributed by atoms with Gasteiger partial charge in [-0.1, -0.05) is 12.1 Å². The fraction of sp³-hybridized carbons (Fsp3) is 0.435. The molecule has 3 amide bonds. The molecule has 2 heterocycles. The van der Waals surface area contributed by atoms with Gasteiger partial charge in [0.15, 0.2) is 0 Å². The highest BCUT2D eigenvalue weighted by atomic mass is 19.1. The average Bonchev–Trinajstić information content (AvgIpc) is 2.81. The predicted molar refractivity (Wildman–Crippen MR) is 124 cm³/mol. The first-order chi connectivity index (χ1) is 16.5. The molecule has 0 bridgehead atoms. The molecule has 0 radical (unpaired) electrons. The van der Waals surface area contributed by atoms with Crippen molar-refractivity contribution in [3.8, 4) is 5.75 Å². The number of hydrogen-bond acceptors (Lipinski definition) is 7. The van der Waals surface area contributed by atoms with Crippen LogP contribution >= 0.6 is 0 Å². The molecule has 1 aliphatic heterocycles. The summed E-state index contributed by atoms with van der Waals surface area (Å²) < 4.78 is 14.3. The highest BCUT2D eigenvalue weighted by Gasteiger charge is 2.37. The lowest BCUT2D eigenvalue weighted by Gasteiger charge is -2.38. The van der Waals surface area contributed by atoms with E-state index in [1.807, 2.05) is 0 Å². The minimum Gasteiger partial charge on any atom is -0.502 e. The first-order valence-electron chi connectivity index (χ1n) is 11.0. The summed E-state index contributed by atoms with van der Waals surface area (Å²) in [7, 11) is 6.50. The van der Waals surface area contributed by atoms with Gasteiger partial charge in [-0.3, -0.25) is 23.7 Å². The summed E-state index contributed by atoms with van der Waals surface area (Å²) in [5.74, 6) is -2.78. The predicted octanol–water partition coefficient (Wildman–Crippen LogP) is -0.520. The molecule has 12 heteroatoms. The Morgan fingerprint density at radius 1 is 1.14 bits per heavy atom. The molecule has 0 aliphatic carbocycles. The van der Waals surface area contributed by atoms with Crippen LogP contribution in [-0.4, -0.2) is 88.4 Å². The fourth-order valence-corrected chi connectivity index (χ4v) is 3.80. The van der Waals surface area contributed by atoms with E-state index in [4.69, 9.17) is 0 Å². The summed E-state index contributed by atoms with van der Waals surface area (Å²) in [4.78, 5) is 59.3. The molecule has 0 saturated heterocycles. The van der Waals surface area contributed by atoms with E-state index >= 15 is 0 Å². The monoisotopic (exact) mass is 488 g/mol. The Balaban J connectivity index is 1.89. The summed E-state index contributed by atoms with van der Waals surface area (Å²) >= 11 is 0. The Kier molecular flexibility index (Phi) is 7.85. The summed E-state index contributed by atoms with van der Waals surface area (Å²) in [6.07, 6.45) is -0.380. The van der Waals surface area contributed by atoms with Gasteiger partial charge in [-0.2, -0.15) is 0 Å². The SMILES string of the molecule is CN(C)CC1c2nc(CC(=O)NCc3ccc(F)cc3)c(O)c(=O)n2CCN1C(=O)C(=O)N(C)C. The maximum atomic E-state index is 13.1. The molecule has 3 rings (SSSR count). The zero-order valence-electron chi connectivity index (χ0n) is 20.1. The van der Waals surface area contributed by atoms with Crippen molar-refractivity contribution < 1.29 is 23.9 Å². The minimum absolute atomic E-state index is 0.0438. The lowest BCUT2D eigenvalue weighted by molar-refractivity contribution is -0.153.